The molecule has 0 amide bonds. The van der Waals surface area contributed by atoms with E-state index in [9.17, 15) is 0 Å². The van der Waals surface area contributed by atoms with Crippen molar-refractivity contribution in [3.8, 4) is 0 Å². The number of piperidine rings is 1. The van der Waals surface area contributed by atoms with Gasteiger partial charge in [0, 0.05) is 6.54 Å². The Bertz CT molecular complexity index is 161. The molecule has 15 heavy (non-hydrogen) atoms. The fourth-order valence-electron chi connectivity index (χ4n) is 2.36. The van der Waals surface area contributed by atoms with E-state index in [-0.39, 0.29) is 0 Å². The van der Waals surface area contributed by atoms with E-state index >= 15 is 0 Å². The van der Waals surface area contributed by atoms with Gasteiger partial charge in [0.05, 0.1) is 0 Å². The number of nitrogens with zero attached hydrogens (tertiary/aromatic N) is 1. The molecule has 0 spiro atoms. The van der Waals surface area contributed by atoms with Crippen LogP contribution in [0.1, 0.15) is 26.2 Å². The number of nitrogens with one attached hydrogen (secondary N) is 1. The van der Waals surface area contributed by atoms with Gasteiger partial charge in [-0.2, -0.15) is 0 Å². The van der Waals surface area contributed by atoms with Gasteiger partial charge in [0.15, 0.2) is 0 Å². The van der Waals surface area contributed by atoms with E-state index in [1.807, 2.05) is 0 Å². The average Bonchev–Trinajstić information content (AvgIpc) is 2.18. The Morgan fingerprint density at radius 3 is 3.00 bits per heavy atom. The van der Waals surface area contributed by atoms with Crippen LogP contribution in [0, 0.1) is 11.8 Å². The van der Waals surface area contributed by atoms with Crippen LogP contribution in [0.15, 0.2) is 0 Å². The van der Waals surface area contributed by atoms with Crippen molar-refractivity contribution >= 4 is 0 Å². The van der Waals surface area contributed by atoms with Crippen molar-refractivity contribution in [3.63, 3.8) is 0 Å². The maximum absolute atomic E-state index is 5.53. The van der Waals surface area contributed by atoms with E-state index in [0.717, 1.165) is 31.3 Å². The van der Waals surface area contributed by atoms with Gasteiger partial charge in [-0.1, -0.05) is 6.92 Å². The van der Waals surface area contributed by atoms with Gasteiger partial charge in [-0.3, -0.25) is 0 Å². The van der Waals surface area contributed by atoms with Crippen LogP contribution in [0.25, 0.3) is 0 Å². The molecule has 3 heteroatoms. The summed E-state index contributed by atoms with van der Waals surface area (Å²) in [5.41, 5.74) is 5.53. The van der Waals surface area contributed by atoms with Crippen LogP contribution < -0.4 is 11.1 Å². The van der Waals surface area contributed by atoms with Crippen LogP contribution in [0.2, 0.25) is 0 Å². The molecule has 1 aliphatic heterocycles. The standard InChI is InChI=1S/C12H27N3/c1-11(5-6-13)8-14-9-12-4-3-7-15(2)10-12/h11-12,14H,3-10,13H2,1-2H3. The summed E-state index contributed by atoms with van der Waals surface area (Å²) < 4.78 is 0. The highest BCUT2D eigenvalue weighted by Crippen LogP contribution is 2.13. The molecule has 1 saturated heterocycles. The number of hydrogen-bond acceptors (Lipinski definition) is 3. The second-order valence-electron chi connectivity index (χ2n) is 5.11. The molecule has 0 aliphatic carbocycles. The van der Waals surface area contributed by atoms with Gasteiger partial charge in [-0.05, 0) is 64.3 Å². The third-order valence-corrected chi connectivity index (χ3v) is 3.31. The minimum absolute atomic E-state index is 0.719. The Hall–Kier alpha value is -0.120. The molecule has 90 valence electrons. The largest absolute Gasteiger partial charge is 0.330 e. The lowest BCUT2D eigenvalue weighted by molar-refractivity contribution is 0.205. The Kier molecular flexibility index (Phi) is 6.22. The first-order valence-electron chi connectivity index (χ1n) is 6.31. The van der Waals surface area contributed by atoms with Gasteiger partial charge in [0.2, 0.25) is 0 Å². The number of rotatable bonds is 6. The molecule has 0 radical (unpaired) electrons. The van der Waals surface area contributed by atoms with Gasteiger partial charge in [0.25, 0.3) is 0 Å². The van der Waals surface area contributed by atoms with Crippen LogP contribution in [-0.2, 0) is 0 Å². The summed E-state index contributed by atoms with van der Waals surface area (Å²) in [5, 5.41) is 3.58. The molecule has 0 aromatic carbocycles. The number of hydrogen-bond donors (Lipinski definition) is 2. The second kappa shape index (κ2) is 7.20. The third kappa shape index (κ3) is 5.50. The lowest BCUT2D eigenvalue weighted by atomic mass is 9.98. The molecule has 0 aromatic heterocycles. The highest BCUT2D eigenvalue weighted by molar-refractivity contribution is 4.72. The van der Waals surface area contributed by atoms with Gasteiger partial charge < -0.3 is 16.0 Å². The lowest BCUT2D eigenvalue weighted by Crippen LogP contribution is -2.38. The molecule has 0 bridgehead atoms. The Labute approximate surface area is 94.4 Å². The number of likely N-dealkylation sites (tertiary alicyclic amines) is 1. The zero-order chi connectivity index (χ0) is 11.1. The fourth-order valence-corrected chi connectivity index (χ4v) is 2.36. The van der Waals surface area contributed by atoms with E-state index in [4.69, 9.17) is 5.73 Å². The van der Waals surface area contributed by atoms with E-state index in [2.05, 4.69) is 24.2 Å². The summed E-state index contributed by atoms with van der Waals surface area (Å²) in [6, 6.07) is 0. The topological polar surface area (TPSA) is 41.3 Å². The SMILES string of the molecule is CC(CCN)CNCC1CCCN(C)C1. The molecule has 3 N–H and O–H groups in total. The summed E-state index contributed by atoms with van der Waals surface area (Å²) in [7, 11) is 2.23. The van der Waals surface area contributed by atoms with Gasteiger partial charge in [-0.25, -0.2) is 0 Å². The molecule has 1 fully saturated rings. The van der Waals surface area contributed by atoms with Crippen LogP contribution in [0.4, 0.5) is 0 Å². The highest BCUT2D eigenvalue weighted by atomic mass is 15.1. The normalized spacial score (nSPS) is 25.4. The van der Waals surface area contributed by atoms with Crippen molar-refractivity contribution in [2.45, 2.75) is 26.2 Å². The molecular weight excluding hydrogens is 186 g/mol. The summed E-state index contributed by atoms with van der Waals surface area (Å²) in [6.45, 7) is 7.93. The zero-order valence-corrected chi connectivity index (χ0v) is 10.3. The summed E-state index contributed by atoms with van der Waals surface area (Å²) in [4.78, 5) is 2.44. The maximum atomic E-state index is 5.53. The molecule has 2 atom stereocenters. The summed E-state index contributed by atoms with van der Waals surface area (Å²) in [5.74, 6) is 1.57. The van der Waals surface area contributed by atoms with Crippen molar-refractivity contribution in [1.82, 2.24) is 10.2 Å². The van der Waals surface area contributed by atoms with Crippen LogP contribution in [0.3, 0.4) is 0 Å². The monoisotopic (exact) mass is 213 g/mol. The van der Waals surface area contributed by atoms with Gasteiger partial charge in [-0.15, -0.1) is 0 Å². The third-order valence-electron chi connectivity index (χ3n) is 3.31. The first-order valence-corrected chi connectivity index (χ1v) is 6.31. The Balaban J connectivity index is 2.03. The van der Waals surface area contributed by atoms with E-state index in [1.54, 1.807) is 0 Å². The van der Waals surface area contributed by atoms with Crippen LogP contribution in [0.5, 0.6) is 0 Å². The Morgan fingerprint density at radius 1 is 1.53 bits per heavy atom. The minimum Gasteiger partial charge on any atom is -0.330 e. The molecule has 3 nitrogen and oxygen atoms in total. The zero-order valence-electron chi connectivity index (χ0n) is 10.3. The first kappa shape index (κ1) is 12.9. The summed E-state index contributed by atoms with van der Waals surface area (Å²) in [6.07, 6.45) is 3.89. The van der Waals surface area contributed by atoms with Crippen molar-refractivity contribution in [2.24, 2.45) is 17.6 Å². The average molecular weight is 213 g/mol. The minimum atomic E-state index is 0.719. The second-order valence-corrected chi connectivity index (χ2v) is 5.11. The van der Waals surface area contributed by atoms with E-state index in [0.29, 0.717) is 0 Å². The van der Waals surface area contributed by atoms with Gasteiger partial charge >= 0.3 is 0 Å². The molecule has 1 aliphatic rings. The highest BCUT2D eigenvalue weighted by Gasteiger charge is 2.16. The van der Waals surface area contributed by atoms with E-state index in [1.165, 1.54) is 32.5 Å². The molecule has 0 aromatic rings. The number of nitrogens with two attached hydrogens (primary N) is 1. The van der Waals surface area contributed by atoms with Gasteiger partial charge in [0.1, 0.15) is 0 Å². The van der Waals surface area contributed by atoms with Crippen molar-refractivity contribution < 1.29 is 0 Å². The predicted molar refractivity (Wildman–Crippen MR) is 65.9 cm³/mol. The van der Waals surface area contributed by atoms with Crippen LogP contribution >= 0.6 is 0 Å². The quantitative estimate of drug-likeness (QED) is 0.689. The Morgan fingerprint density at radius 2 is 2.33 bits per heavy atom. The predicted octanol–water partition coefficient (Wildman–Crippen LogP) is 0.903. The molecular formula is C12H27N3. The smallest absolute Gasteiger partial charge is 0.00187 e. The maximum Gasteiger partial charge on any atom is 0.00187 e. The molecule has 2 unspecified atom stereocenters. The van der Waals surface area contributed by atoms with Crippen molar-refractivity contribution in [2.75, 3.05) is 39.8 Å². The molecule has 1 heterocycles. The fraction of sp³-hybridized carbons (Fsp3) is 1.00. The van der Waals surface area contributed by atoms with Crippen molar-refractivity contribution in [3.05, 3.63) is 0 Å². The van der Waals surface area contributed by atoms with Crippen molar-refractivity contribution in [1.29, 1.82) is 0 Å². The lowest BCUT2D eigenvalue weighted by Gasteiger charge is -2.30. The van der Waals surface area contributed by atoms with Crippen LogP contribution in [-0.4, -0.2) is 44.7 Å². The molecule has 0 saturated carbocycles. The summed E-state index contributed by atoms with van der Waals surface area (Å²) >= 11 is 0. The van der Waals surface area contributed by atoms with E-state index < -0.39 is 0 Å². The molecule has 1 rings (SSSR count). The first-order chi connectivity index (χ1) is 7.22.